The summed E-state index contributed by atoms with van der Waals surface area (Å²) in [5.74, 6) is 1.20. The number of hydrogen-bond donors (Lipinski definition) is 2. The second kappa shape index (κ2) is 14.5. The molecule has 5 aliphatic heterocycles. The number of aryl methyl sites for hydroxylation is 1. The Morgan fingerprint density at radius 2 is 1.40 bits per heavy atom. The zero-order chi connectivity index (χ0) is 38.8. The number of piperidine rings is 2. The first-order valence-corrected chi connectivity index (χ1v) is 20.8. The number of amides is 4. The number of anilines is 1. The van der Waals surface area contributed by atoms with Crippen molar-refractivity contribution >= 4 is 29.3 Å². The summed E-state index contributed by atoms with van der Waals surface area (Å²) in [6, 6.07) is 29.1. The Balaban J connectivity index is 0.707. The molecule has 3 fully saturated rings. The monoisotopic (exact) mass is 763 g/mol. The van der Waals surface area contributed by atoms with Crippen molar-refractivity contribution in [2.45, 2.75) is 69.5 Å². The predicted octanol–water partition coefficient (Wildman–Crippen LogP) is 5.82. The van der Waals surface area contributed by atoms with E-state index in [0.717, 1.165) is 63.2 Å². The van der Waals surface area contributed by atoms with E-state index in [0.29, 0.717) is 47.6 Å². The van der Waals surface area contributed by atoms with Crippen LogP contribution in [0.15, 0.2) is 84.9 Å². The van der Waals surface area contributed by atoms with E-state index in [4.69, 9.17) is 0 Å². The van der Waals surface area contributed by atoms with Crippen LogP contribution in [0.4, 0.5) is 5.69 Å². The number of carbonyl (C=O) groups excluding carboxylic acids is 4. The molecule has 0 radical (unpaired) electrons. The van der Waals surface area contributed by atoms with Gasteiger partial charge in [-0.25, -0.2) is 0 Å². The quantitative estimate of drug-likeness (QED) is 0.218. The first-order chi connectivity index (χ1) is 27.8. The third kappa shape index (κ3) is 6.67. The molecule has 2 N–H and O–H groups in total. The van der Waals surface area contributed by atoms with Gasteiger partial charge in [0.05, 0.1) is 0 Å². The number of nitrogens with one attached hydrogen (secondary N) is 1. The fourth-order valence-corrected chi connectivity index (χ4v) is 10.7. The van der Waals surface area contributed by atoms with Crippen LogP contribution in [-0.4, -0.2) is 88.7 Å². The van der Waals surface area contributed by atoms with Crippen molar-refractivity contribution in [3.05, 3.63) is 129 Å². The topological polar surface area (TPSA) is 114 Å². The molecule has 10 nitrogen and oxygen atoms in total. The number of likely N-dealkylation sites (tertiary alicyclic amines) is 1. The molecule has 4 aromatic rings. The molecule has 57 heavy (non-hydrogen) atoms. The number of imide groups is 1. The second-order valence-electron chi connectivity index (χ2n) is 17.3. The Kier molecular flexibility index (Phi) is 9.12. The highest BCUT2D eigenvalue weighted by Crippen LogP contribution is 2.47. The van der Waals surface area contributed by atoms with Crippen LogP contribution in [0, 0.1) is 11.8 Å². The molecule has 10 rings (SSSR count). The Morgan fingerprint density at radius 1 is 0.667 bits per heavy atom. The van der Waals surface area contributed by atoms with Crippen molar-refractivity contribution in [3.63, 3.8) is 0 Å². The molecule has 1 unspecified atom stereocenters. The lowest BCUT2D eigenvalue weighted by Crippen LogP contribution is -2.53. The molecule has 6 aliphatic rings. The van der Waals surface area contributed by atoms with E-state index in [-0.39, 0.29) is 36.6 Å². The van der Waals surface area contributed by atoms with Crippen LogP contribution >= 0.6 is 0 Å². The van der Waals surface area contributed by atoms with Gasteiger partial charge in [0.25, 0.3) is 11.8 Å². The molecule has 3 atom stereocenters. The lowest BCUT2D eigenvalue weighted by Gasteiger charge is -2.44. The van der Waals surface area contributed by atoms with Gasteiger partial charge in [0.15, 0.2) is 0 Å². The number of phenols is 1. The third-order valence-electron chi connectivity index (χ3n) is 13.7. The van der Waals surface area contributed by atoms with Crippen molar-refractivity contribution in [2.75, 3.05) is 44.2 Å². The van der Waals surface area contributed by atoms with Crippen molar-refractivity contribution in [1.29, 1.82) is 0 Å². The maximum Gasteiger partial charge on any atom is 0.255 e. The zero-order valence-electron chi connectivity index (χ0n) is 32.2. The van der Waals surface area contributed by atoms with Crippen molar-refractivity contribution < 1.29 is 24.3 Å². The number of aromatic hydroxyl groups is 1. The van der Waals surface area contributed by atoms with Crippen molar-refractivity contribution in [2.24, 2.45) is 11.8 Å². The van der Waals surface area contributed by atoms with Crippen LogP contribution in [0.2, 0.25) is 0 Å². The number of benzene rings is 4. The Bertz CT molecular complexity index is 2240. The smallest absolute Gasteiger partial charge is 0.255 e. The van der Waals surface area contributed by atoms with Crippen LogP contribution in [0.1, 0.15) is 98.0 Å². The molecule has 0 bridgehead atoms. The van der Waals surface area contributed by atoms with Gasteiger partial charge in [0, 0.05) is 87.4 Å². The maximum atomic E-state index is 13.5. The predicted molar refractivity (Wildman–Crippen MR) is 216 cm³/mol. The highest BCUT2D eigenvalue weighted by atomic mass is 16.3. The Hall–Kier alpha value is -5.48. The summed E-state index contributed by atoms with van der Waals surface area (Å²) in [4.78, 5) is 59.5. The van der Waals surface area contributed by atoms with Gasteiger partial charge in [-0.05, 0) is 114 Å². The average molecular weight is 764 g/mol. The number of fused-ring (bicyclic) bond motifs is 3. The summed E-state index contributed by atoms with van der Waals surface area (Å²) >= 11 is 0. The number of hydrogen-bond acceptors (Lipinski definition) is 7. The molecule has 1 aliphatic carbocycles. The maximum absolute atomic E-state index is 13.5. The summed E-state index contributed by atoms with van der Waals surface area (Å²) in [5, 5.41) is 12.6. The minimum absolute atomic E-state index is 0.0263. The number of phenolic OH excluding ortho intramolecular Hbond substituents is 1. The summed E-state index contributed by atoms with van der Waals surface area (Å²) in [5.41, 5.74) is 9.47. The molecule has 0 aromatic heterocycles. The summed E-state index contributed by atoms with van der Waals surface area (Å²) in [6.07, 6.45) is 4.91. The SMILES string of the molecule is O=C1CCC(N2Cc3cc4c(cc3C2=O)CN(CC2CN(CC3CCN(c5ccc([C@@H]6c7ccc(O)cc7CC[C@@H]6c6ccccc6)cc5)CC3)C2)C4=O)C(=O)N1. The van der Waals surface area contributed by atoms with Crippen LogP contribution in [-0.2, 0) is 29.1 Å². The van der Waals surface area contributed by atoms with Gasteiger partial charge >= 0.3 is 0 Å². The van der Waals surface area contributed by atoms with E-state index in [1.807, 2.05) is 29.2 Å². The molecule has 292 valence electrons. The first-order valence-electron chi connectivity index (χ1n) is 20.8. The van der Waals surface area contributed by atoms with Crippen LogP contribution in [0.5, 0.6) is 5.75 Å². The van der Waals surface area contributed by atoms with E-state index < -0.39 is 11.9 Å². The molecule has 4 amide bonds. The highest BCUT2D eigenvalue weighted by molar-refractivity contribution is 6.07. The van der Waals surface area contributed by atoms with Crippen LogP contribution in [0.25, 0.3) is 0 Å². The van der Waals surface area contributed by atoms with E-state index in [1.54, 1.807) is 4.90 Å². The molecule has 3 saturated heterocycles. The molecular formula is C47H49N5O5. The second-order valence-corrected chi connectivity index (χ2v) is 17.3. The number of carbonyl (C=O) groups is 4. The summed E-state index contributed by atoms with van der Waals surface area (Å²) in [6.45, 7) is 6.73. The minimum atomic E-state index is -0.658. The van der Waals surface area contributed by atoms with Crippen molar-refractivity contribution in [3.8, 4) is 5.75 Å². The molecule has 4 aromatic carbocycles. The van der Waals surface area contributed by atoms with E-state index in [1.165, 1.54) is 40.8 Å². The first kappa shape index (κ1) is 35.9. The normalized spacial score (nSPS) is 24.0. The molecule has 0 saturated carbocycles. The van der Waals surface area contributed by atoms with Gasteiger partial charge < -0.3 is 24.7 Å². The fourth-order valence-electron chi connectivity index (χ4n) is 10.7. The molecular weight excluding hydrogens is 715 g/mol. The molecule has 10 heteroatoms. The van der Waals surface area contributed by atoms with Gasteiger partial charge in [0.1, 0.15) is 11.8 Å². The Labute approximate surface area is 333 Å². The third-order valence-corrected chi connectivity index (χ3v) is 13.7. The largest absolute Gasteiger partial charge is 0.508 e. The van der Waals surface area contributed by atoms with E-state index in [9.17, 15) is 24.3 Å². The van der Waals surface area contributed by atoms with Crippen molar-refractivity contribution in [1.82, 2.24) is 20.0 Å². The van der Waals surface area contributed by atoms with Gasteiger partial charge in [-0.2, -0.15) is 0 Å². The molecule has 5 heterocycles. The summed E-state index contributed by atoms with van der Waals surface area (Å²) in [7, 11) is 0. The van der Waals surface area contributed by atoms with Crippen LogP contribution in [0.3, 0.4) is 0 Å². The van der Waals surface area contributed by atoms with Crippen LogP contribution < -0.4 is 10.2 Å². The van der Waals surface area contributed by atoms with Gasteiger partial charge in [-0.1, -0.05) is 48.5 Å². The fraction of sp³-hybridized carbons (Fsp3) is 0.404. The average Bonchev–Trinajstić information content (AvgIpc) is 3.69. The van der Waals surface area contributed by atoms with Gasteiger partial charge in [-0.3, -0.25) is 24.5 Å². The number of nitrogens with zero attached hydrogens (tertiary/aromatic N) is 4. The van der Waals surface area contributed by atoms with Gasteiger partial charge in [0.2, 0.25) is 11.8 Å². The standard InChI is InChI=1S/C47H49N5O5/c53-37-11-13-39-33(20-37)8-12-38(31-4-2-1-3-5-31)44(39)32-6-9-36(10-7-32)50-18-16-29(17-19-50)23-49-24-30(25-49)26-51-27-34-21-41-35(22-40(34)46(51)56)28-52(47(41)57)42-14-15-43(54)48-45(42)55/h1-7,9-11,13,20-22,29-30,38,42,44,53H,8,12,14-19,23-28H2,(H,48,54,55)/t38-,42?,44+/m1/s1. The van der Waals surface area contributed by atoms with E-state index in [2.05, 4.69) is 75.8 Å². The minimum Gasteiger partial charge on any atom is -0.508 e. The summed E-state index contributed by atoms with van der Waals surface area (Å²) < 4.78 is 0. The highest BCUT2D eigenvalue weighted by Gasteiger charge is 2.42. The zero-order valence-corrected chi connectivity index (χ0v) is 32.2. The van der Waals surface area contributed by atoms with Gasteiger partial charge in [-0.15, -0.1) is 0 Å². The lowest BCUT2D eigenvalue weighted by molar-refractivity contribution is -0.136. The lowest BCUT2D eigenvalue weighted by atomic mass is 9.69. The molecule has 0 spiro atoms. The number of rotatable bonds is 8. The Morgan fingerprint density at radius 3 is 2.16 bits per heavy atom. The van der Waals surface area contributed by atoms with E-state index >= 15 is 0 Å².